The second-order valence-electron chi connectivity index (χ2n) is 16.9. The van der Waals surface area contributed by atoms with Crippen LogP contribution in [0.3, 0.4) is 0 Å². The first-order valence-corrected chi connectivity index (χ1v) is 26.4. The van der Waals surface area contributed by atoms with Crippen LogP contribution in [-0.2, 0) is 37.5 Å². The Bertz CT molecular complexity index is 1130. The molecule has 12 heteroatoms. The second kappa shape index (κ2) is 44.6. The topological polar surface area (TPSA) is 172 Å². The number of ether oxygens (including phenoxy) is 2. The highest BCUT2D eigenvalue weighted by Gasteiger charge is 2.28. The van der Waals surface area contributed by atoms with Gasteiger partial charge < -0.3 is 25.2 Å². The first-order valence-electron chi connectivity index (χ1n) is 24.9. The van der Waals surface area contributed by atoms with Crippen molar-refractivity contribution in [2.24, 2.45) is 5.73 Å². The van der Waals surface area contributed by atoms with Gasteiger partial charge in [0.05, 0.1) is 13.2 Å². The molecule has 0 spiro atoms. The van der Waals surface area contributed by atoms with Crippen molar-refractivity contribution in [1.29, 1.82) is 0 Å². The predicted molar refractivity (Wildman–Crippen MR) is 249 cm³/mol. The van der Waals surface area contributed by atoms with Crippen LogP contribution in [0.5, 0.6) is 0 Å². The highest BCUT2D eigenvalue weighted by Crippen LogP contribution is 2.43. The van der Waals surface area contributed by atoms with Crippen molar-refractivity contribution < 1.29 is 47.5 Å². The van der Waals surface area contributed by atoms with Gasteiger partial charge in [0.15, 0.2) is 6.10 Å². The molecule has 0 saturated heterocycles. The van der Waals surface area contributed by atoms with Gasteiger partial charge in [-0.3, -0.25) is 23.4 Å². The number of phosphoric ester groups is 1. The lowest BCUT2D eigenvalue weighted by molar-refractivity contribution is -0.161. The van der Waals surface area contributed by atoms with Gasteiger partial charge in [0, 0.05) is 12.8 Å². The molecule has 0 heterocycles. The average molecular weight is 886 g/mol. The Morgan fingerprint density at radius 2 is 0.820 bits per heavy atom. The van der Waals surface area contributed by atoms with Gasteiger partial charge in [0.25, 0.3) is 0 Å². The minimum atomic E-state index is -4.72. The minimum Gasteiger partial charge on any atom is -0.480 e. The van der Waals surface area contributed by atoms with Crippen LogP contribution >= 0.6 is 7.82 Å². The standard InChI is InChI=1S/C49H92NO10P/c1-3-5-7-9-11-13-15-17-19-20-21-22-23-24-25-26-27-29-31-33-35-37-39-41-48(52)60-45(43-58-61(55,56)59-44-46(50)49(53)54)42-57-47(51)40-38-36-34-32-30-28-18-16-14-12-10-8-6-4-2/h16,18,20-21,45-46H,3-15,17,19,22-44,50H2,1-2H3,(H,53,54)(H,55,56)/b18-16-,21-20-. The number of hydrogen-bond donors (Lipinski definition) is 3. The molecule has 0 saturated carbocycles. The molecular weight excluding hydrogens is 794 g/mol. The summed E-state index contributed by atoms with van der Waals surface area (Å²) in [5.41, 5.74) is 5.35. The predicted octanol–water partition coefficient (Wildman–Crippen LogP) is 13.8. The van der Waals surface area contributed by atoms with Gasteiger partial charge >= 0.3 is 25.7 Å². The number of carboxylic acids is 1. The Labute approximate surface area is 372 Å². The molecule has 4 N–H and O–H groups in total. The Balaban J connectivity index is 4.22. The van der Waals surface area contributed by atoms with Crippen LogP contribution in [0.15, 0.2) is 24.3 Å². The molecular formula is C49H92NO10P. The lowest BCUT2D eigenvalue weighted by Crippen LogP contribution is -2.34. The molecule has 0 rings (SSSR count). The second-order valence-corrected chi connectivity index (χ2v) is 18.4. The summed E-state index contributed by atoms with van der Waals surface area (Å²) in [5.74, 6) is -2.38. The fourth-order valence-corrected chi connectivity index (χ4v) is 7.78. The van der Waals surface area contributed by atoms with E-state index in [0.717, 1.165) is 57.8 Å². The molecule has 0 radical (unpaired) electrons. The van der Waals surface area contributed by atoms with Gasteiger partial charge in [0.1, 0.15) is 12.6 Å². The SMILES string of the molecule is CCCCCCC/C=C\CCCCCCCC(=O)OCC(COP(=O)(O)OCC(N)C(=O)O)OC(=O)CCCCCCCCCCCCC/C=C\CCCCCCCCCC. The molecule has 358 valence electrons. The maximum atomic E-state index is 12.7. The molecule has 0 bridgehead atoms. The number of esters is 2. The van der Waals surface area contributed by atoms with E-state index in [4.69, 9.17) is 24.8 Å². The molecule has 11 nitrogen and oxygen atoms in total. The zero-order valence-electron chi connectivity index (χ0n) is 39.0. The van der Waals surface area contributed by atoms with Crippen molar-refractivity contribution in [3.63, 3.8) is 0 Å². The smallest absolute Gasteiger partial charge is 0.472 e. The van der Waals surface area contributed by atoms with E-state index in [1.165, 1.54) is 141 Å². The van der Waals surface area contributed by atoms with Gasteiger partial charge in [-0.25, -0.2) is 4.57 Å². The molecule has 3 atom stereocenters. The van der Waals surface area contributed by atoms with Crippen LogP contribution in [0.4, 0.5) is 0 Å². The van der Waals surface area contributed by atoms with E-state index in [0.29, 0.717) is 12.8 Å². The summed E-state index contributed by atoms with van der Waals surface area (Å²) in [7, 11) is -4.72. The number of unbranched alkanes of at least 4 members (excludes halogenated alkanes) is 29. The lowest BCUT2D eigenvalue weighted by atomic mass is 10.0. The third-order valence-corrected chi connectivity index (χ3v) is 11.9. The minimum absolute atomic E-state index is 0.161. The third kappa shape index (κ3) is 44.4. The van der Waals surface area contributed by atoms with E-state index in [-0.39, 0.29) is 19.4 Å². The molecule has 0 aromatic rings. The summed E-state index contributed by atoms with van der Waals surface area (Å²) in [6.45, 7) is 2.82. The van der Waals surface area contributed by atoms with Crippen LogP contribution in [0.1, 0.15) is 239 Å². The molecule has 0 aliphatic carbocycles. The lowest BCUT2D eigenvalue weighted by Gasteiger charge is -2.20. The highest BCUT2D eigenvalue weighted by atomic mass is 31.2. The van der Waals surface area contributed by atoms with Crippen LogP contribution in [0, 0.1) is 0 Å². The molecule has 0 aromatic heterocycles. The Morgan fingerprint density at radius 1 is 0.492 bits per heavy atom. The summed E-state index contributed by atoms with van der Waals surface area (Å²) >= 11 is 0. The van der Waals surface area contributed by atoms with Gasteiger partial charge in [-0.15, -0.1) is 0 Å². The first kappa shape index (κ1) is 59.0. The Morgan fingerprint density at radius 3 is 1.20 bits per heavy atom. The zero-order chi connectivity index (χ0) is 44.9. The summed E-state index contributed by atoms with van der Waals surface area (Å²) in [4.78, 5) is 46.1. The largest absolute Gasteiger partial charge is 0.480 e. The number of rotatable bonds is 47. The Hall–Kier alpha value is -2.04. The number of nitrogens with two attached hydrogens (primary N) is 1. The number of hydrogen-bond acceptors (Lipinski definition) is 9. The fraction of sp³-hybridized carbons (Fsp3) is 0.857. The summed E-state index contributed by atoms with van der Waals surface area (Å²) < 4.78 is 32.8. The highest BCUT2D eigenvalue weighted by molar-refractivity contribution is 7.47. The van der Waals surface area contributed by atoms with E-state index in [1.54, 1.807) is 0 Å². The maximum Gasteiger partial charge on any atom is 0.472 e. The van der Waals surface area contributed by atoms with Gasteiger partial charge in [0.2, 0.25) is 0 Å². The van der Waals surface area contributed by atoms with E-state index in [9.17, 15) is 23.8 Å². The molecule has 0 aliphatic heterocycles. The number of carboxylic acid groups (broad SMARTS) is 1. The number of phosphoric acid groups is 1. The van der Waals surface area contributed by atoms with E-state index < -0.39 is 51.1 Å². The van der Waals surface area contributed by atoms with Crippen molar-refractivity contribution in [3.05, 3.63) is 24.3 Å². The van der Waals surface area contributed by atoms with Crippen LogP contribution in [0.2, 0.25) is 0 Å². The van der Waals surface area contributed by atoms with Crippen LogP contribution in [-0.4, -0.2) is 59.9 Å². The third-order valence-electron chi connectivity index (χ3n) is 10.9. The van der Waals surface area contributed by atoms with Gasteiger partial charge in [-0.2, -0.15) is 0 Å². The van der Waals surface area contributed by atoms with Crippen molar-refractivity contribution >= 4 is 25.7 Å². The zero-order valence-corrected chi connectivity index (χ0v) is 39.9. The van der Waals surface area contributed by atoms with Gasteiger partial charge in [-0.05, 0) is 64.2 Å². The number of carbonyl (C=O) groups excluding carboxylic acids is 2. The summed E-state index contributed by atoms with van der Waals surface area (Å²) in [6, 6.07) is -1.52. The first-order chi connectivity index (χ1) is 29.6. The normalized spacial score (nSPS) is 13.8. The van der Waals surface area contributed by atoms with E-state index >= 15 is 0 Å². The van der Waals surface area contributed by atoms with E-state index in [1.807, 2.05) is 0 Å². The summed E-state index contributed by atoms with van der Waals surface area (Å²) in [5, 5.41) is 8.91. The molecule has 0 aromatic carbocycles. The molecule has 3 unspecified atom stereocenters. The van der Waals surface area contributed by atoms with E-state index in [2.05, 4.69) is 42.7 Å². The average Bonchev–Trinajstić information content (AvgIpc) is 3.24. The van der Waals surface area contributed by atoms with Crippen LogP contribution in [0.25, 0.3) is 0 Å². The number of allylic oxidation sites excluding steroid dienone is 4. The van der Waals surface area contributed by atoms with Gasteiger partial charge in [-0.1, -0.05) is 186 Å². The Kier molecular flexibility index (Phi) is 43.1. The molecule has 0 fully saturated rings. The molecule has 0 aliphatic rings. The fourth-order valence-electron chi connectivity index (χ4n) is 7.00. The van der Waals surface area contributed by atoms with Crippen molar-refractivity contribution in [2.75, 3.05) is 19.8 Å². The number of carbonyl (C=O) groups is 3. The van der Waals surface area contributed by atoms with Crippen LogP contribution < -0.4 is 5.73 Å². The molecule has 0 amide bonds. The van der Waals surface area contributed by atoms with Crippen molar-refractivity contribution in [3.8, 4) is 0 Å². The molecule has 61 heavy (non-hydrogen) atoms. The maximum absolute atomic E-state index is 12.7. The van der Waals surface area contributed by atoms with Crippen molar-refractivity contribution in [2.45, 2.75) is 251 Å². The summed E-state index contributed by atoms with van der Waals surface area (Å²) in [6.07, 6.45) is 48.1. The monoisotopic (exact) mass is 886 g/mol. The number of aliphatic carboxylic acids is 1. The quantitative estimate of drug-likeness (QED) is 0.0230. The van der Waals surface area contributed by atoms with Crippen molar-refractivity contribution in [1.82, 2.24) is 0 Å².